The van der Waals surface area contributed by atoms with Gasteiger partial charge in [0.1, 0.15) is 0 Å². The van der Waals surface area contributed by atoms with Gasteiger partial charge in [0.25, 0.3) is 5.91 Å². The molecule has 2 N–H and O–H groups in total. The van der Waals surface area contributed by atoms with Crippen molar-refractivity contribution in [2.45, 2.75) is 26.8 Å². The van der Waals surface area contributed by atoms with Crippen molar-refractivity contribution in [3.05, 3.63) is 38.5 Å². The second-order valence-corrected chi connectivity index (χ2v) is 7.55. The summed E-state index contributed by atoms with van der Waals surface area (Å²) in [6, 6.07) is 3.71. The monoisotopic (exact) mass is 507 g/mol. The predicted octanol–water partition coefficient (Wildman–Crippen LogP) is 3.35. The van der Waals surface area contributed by atoms with Crippen molar-refractivity contribution in [1.29, 1.82) is 0 Å². The van der Waals surface area contributed by atoms with Crippen molar-refractivity contribution in [2.24, 2.45) is 4.99 Å². The topological polar surface area (TPSA) is 69.6 Å². The van der Waals surface area contributed by atoms with Gasteiger partial charge in [-0.25, -0.2) is 4.98 Å². The van der Waals surface area contributed by atoms with Crippen LogP contribution in [-0.2, 0) is 6.54 Å². The number of nitrogens with one attached hydrogen (secondary N) is 2. The van der Waals surface area contributed by atoms with E-state index in [0.29, 0.717) is 13.1 Å². The first-order valence-electron chi connectivity index (χ1n) is 8.32. The van der Waals surface area contributed by atoms with E-state index in [9.17, 15) is 4.79 Å². The molecule has 2 aromatic rings. The molecule has 0 aliphatic rings. The zero-order chi connectivity index (χ0) is 18.1. The average molecular weight is 507 g/mol. The lowest BCUT2D eigenvalue weighted by Gasteiger charge is -2.21. The Labute approximate surface area is 180 Å². The summed E-state index contributed by atoms with van der Waals surface area (Å²) in [5.74, 6) is 0.847. The van der Waals surface area contributed by atoms with Crippen LogP contribution in [-0.4, -0.2) is 48.4 Å². The Hall–Kier alpha value is -1.20. The number of hydrogen-bond donors (Lipinski definition) is 2. The first kappa shape index (κ1) is 22.8. The van der Waals surface area contributed by atoms with Crippen LogP contribution in [0.15, 0.2) is 27.9 Å². The molecule has 0 atom stereocenters. The number of amides is 1. The Morgan fingerprint density at radius 2 is 2.15 bits per heavy atom. The molecule has 0 aromatic carbocycles. The standard InChI is InChI=1S/C17H25N5OS2.HI/c1-4-18-17(22(3)11-14-12-25-13(2)21-14)20-9-6-8-19-16(23)15-7-5-10-24-15;/h5,7,10,12H,4,6,8-9,11H2,1-3H3,(H,18,20)(H,19,23);1H. The van der Waals surface area contributed by atoms with E-state index in [4.69, 9.17) is 0 Å². The first-order chi connectivity index (χ1) is 12.1. The van der Waals surface area contributed by atoms with E-state index in [1.807, 2.05) is 31.5 Å². The van der Waals surface area contributed by atoms with Crippen LogP contribution in [0.2, 0.25) is 0 Å². The summed E-state index contributed by atoms with van der Waals surface area (Å²) in [6.45, 7) is 6.89. The van der Waals surface area contributed by atoms with Gasteiger partial charge < -0.3 is 15.5 Å². The molecule has 0 saturated carbocycles. The van der Waals surface area contributed by atoms with E-state index >= 15 is 0 Å². The highest BCUT2D eigenvalue weighted by Gasteiger charge is 2.09. The second kappa shape index (κ2) is 12.2. The lowest BCUT2D eigenvalue weighted by Crippen LogP contribution is -2.38. The van der Waals surface area contributed by atoms with E-state index in [0.717, 1.165) is 41.0 Å². The second-order valence-electron chi connectivity index (χ2n) is 5.54. The summed E-state index contributed by atoms with van der Waals surface area (Å²) in [5.41, 5.74) is 1.05. The fourth-order valence-electron chi connectivity index (χ4n) is 2.23. The summed E-state index contributed by atoms with van der Waals surface area (Å²) in [7, 11) is 2.01. The van der Waals surface area contributed by atoms with Crippen LogP contribution in [0.5, 0.6) is 0 Å². The summed E-state index contributed by atoms with van der Waals surface area (Å²) < 4.78 is 0. The third-order valence-electron chi connectivity index (χ3n) is 3.39. The van der Waals surface area contributed by atoms with Gasteiger partial charge in [0.2, 0.25) is 0 Å². The number of aryl methyl sites for hydroxylation is 1. The number of aliphatic imine (C=N–C) groups is 1. The molecule has 9 heteroatoms. The normalized spacial score (nSPS) is 11.0. The predicted molar refractivity (Wildman–Crippen MR) is 121 cm³/mol. The number of thiazole rings is 1. The van der Waals surface area contributed by atoms with Crippen LogP contribution in [0.3, 0.4) is 0 Å². The Kier molecular flexibility index (Phi) is 10.7. The summed E-state index contributed by atoms with van der Waals surface area (Å²) in [6.07, 6.45) is 0.801. The molecule has 2 aromatic heterocycles. The number of carbonyl (C=O) groups excluding carboxylic acids is 1. The van der Waals surface area contributed by atoms with Gasteiger partial charge in [-0.15, -0.1) is 46.7 Å². The number of nitrogens with zero attached hydrogens (tertiary/aromatic N) is 3. The third-order valence-corrected chi connectivity index (χ3v) is 5.08. The molecule has 26 heavy (non-hydrogen) atoms. The number of rotatable bonds is 8. The summed E-state index contributed by atoms with van der Waals surface area (Å²) in [5, 5.41) is 11.3. The Morgan fingerprint density at radius 1 is 1.35 bits per heavy atom. The molecule has 0 bridgehead atoms. The van der Waals surface area contributed by atoms with Crippen molar-refractivity contribution in [3.63, 3.8) is 0 Å². The van der Waals surface area contributed by atoms with Gasteiger partial charge in [-0.3, -0.25) is 9.79 Å². The molecule has 6 nitrogen and oxygen atoms in total. The smallest absolute Gasteiger partial charge is 0.261 e. The van der Waals surface area contributed by atoms with Crippen LogP contribution in [0, 0.1) is 6.92 Å². The first-order valence-corrected chi connectivity index (χ1v) is 10.1. The maximum Gasteiger partial charge on any atom is 0.261 e. The number of hydrogen-bond acceptors (Lipinski definition) is 5. The van der Waals surface area contributed by atoms with Crippen molar-refractivity contribution in [3.8, 4) is 0 Å². The quantitative estimate of drug-likeness (QED) is 0.249. The maximum atomic E-state index is 11.9. The minimum atomic E-state index is -0.0121. The van der Waals surface area contributed by atoms with Crippen molar-refractivity contribution in [1.82, 2.24) is 20.5 Å². The van der Waals surface area contributed by atoms with Crippen molar-refractivity contribution in [2.75, 3.05) is 26.7 Å². The molecule has 0 fully saturated rings. The number of guanidine groups is 1. The molecule has 0 unspecified atom stereocenters. The SMILES string of the molecule is CCNC(=NCCCNC(=O)c1cccs1)N(C)Cc1csc(C)n1.I. The molecule has 0 saturated heterocycles. The highest BCUT2D eigenvalue weighted by atomic mass is 127. The van der Waals surface area contributed by atoms with Crippen LogP contribution < -0.4 is 10.6 Å². The third kappa shape index (κ3) is 7.58. The van der Waals surface area contributed by atoms with Gasteiger partial charge >= 0.3 is 0 Å². The minimum absolute atomic E-state index is 0. The van der Waals surface area contributed by atoms with E-state index in [-0.39, 0.29) is 29.9 Å². The molecule has 0 radical (unpaired) electrons. The number of halogens is 1. The number of thiophene rings is 1. The van der Waals surface area contributed by atoms with Crippen LogP contribution in [0.1, 0.15) is 33.7 Å². The zero-order valence-electron chi connectivity index (χ0n) is 15.3. The summed E-state index contributed by atoms with van der Waals surface area (Å²) >= 11 is 3.11. The Bertz CT molecular complexity index is 687. The van der Waals surface area contributed by atoms with E-state index in [2.05, 4.69) is 37.8 Å². The largest absolute Gasteiger partial charge is 0.357 e. The molecular weight excluding hydrogens is 481 g/mol. The molecule has 144 valence electrons. The van der Waals surface area contributed by atoms with Crippen LogP contribution in [0.4, 0.5) is 0 Å². The Balaban J connectivity index is 0.00000338. The van der Waals surface area contributed by atoms with Gasteiger partial charge in [0.15, 0.2) is 5.96 Å². The average Bonchev–Trinajstić information content (AvgIpc) is 3.25. The van der Waals surface area contributed by atoms with Crippen LogP contribution in [0.25, 0.3) is 0 Å². The van der Waals surface area contributed by atoms with Gasteiger partial charge in [-0.05, 0) is 31.7 Å². The molecule has 0 aliphatic carbocycles. The van der Waals surface area contributed by atoms with Crippen molar-refractivity contribution >= 4 is 58.5 Å². The van der Waals surface area contributed by atoms with Gasteiger partial charge in [-0.2, -0.15) is 0 Å². The van der Waals surface area contributed by atoms with Crippen LogP contribution >= 0.6 is 46.7 Å². The van der Waals surface area contributed by atoms with Crippen molar-refractivity contribution < 1.29 is 4.79 Å². The van der Waals surface area contributed by atoms with Gasteiger partial charge in [0.05, 0.1) is 22.1 Å². The Morgan fingerprint density at radius 3 is 2.77 bits per heavy atom. The lowest BCUT2D eigenvalue weighted by atomic mass is 10.4. The van der Waals surface area contributed by atoms with E-state index < -0.39 is 0 Å². The highest BCUT2D eigenvalue weighted by Crippen LogP contribution is 2.10. The highest BCUT2D eigenvalue weighted by molar-refractivity contribution is 14.0. The minimum Gasteiger partial charge on any atom is -0.357 e. The molecule has 0 aliphatic heterocycles. The molecule has 1 amide bonds. The van der Waals surface area contributed by atoms with Gasteiger partial charge in [0, 0.05) is 32.1 Å². The fourth-order valence-corrected chi connectivity index (χ4v) is 3.47. The molecule has 2 rings (SSSR count). The maximum absolute atomic E-state index is 11.9. The zero-order valence-corrected chi connectivity index (χ0v) is 19.3. The molecular formula is C17H26IN5OS2. The van der Waals surface area contributed by atoms with Gasteiger partial charge in [-0.1, -0.05) is 6.07 Å². The van der Waals surface area contributed by atoms with E-state index in [1.54, 1.807) is 11.3 Å². The summed E-state index contributed by atoms with van der Waals surface area (Å²) in [4.78, 5) is 23.8. The number of aromatic nitrogens is 1. The molecule has 0 spiro atoms. The number of carbonyl (C=O) groups is 1. The van der Waals surface area contributed by atoms with E-state index in [1.165, 1.54) is 11.3 Å². The fraction of sp³-hybridized carbons (Fsp3) is 0.471. The molecule has 2 heterocycles. The lowest BCUT2D eigenvalue weighted by molar-refractivity contribution is 0.0957.